The maximum Gasteiger partial charge on any atom is 0.248 e. The lowest BCUT2D eigenvalue weighted by Crippen LogP contribution is -2.50. The second-order valence-electron chi connectivity index (χ2n) is 5.30. The number of halogens is 2. The highest BCUT2D eigenvalue weighted by Gasteiger charge is 2.23. The molecule has 0 aromatic heterocycles. The predicted octanol–water partition coefficient (Wildman–Crippen LogP) is 0.789. The third-order valence-electron chi connectivity index (χ3n) is 3.75. The number of nitrogens with zero attached hydrogens (tertiary/aromatic N) is 2. The SMILES string of the molecule is COCC(=O)N1CCN(CC(O)c2ccc(F)cc2F)CC1. The van der Waals surface area contributed by atoms with Crippen LogP contribution in [-0.2, 0) is 9.53 Å². The first-order valence-electron chi connectivity index (χ1n) is 7.13. The van der Waals surface area contributed by atoms with E-state index in [2.05, 4.69) is 0 Å². The number of carbonyl (C=O) groups excluding carboxylic acids is 1. The fourth-order valence-electron chi connectivity index (χ4n) is 2.51. The summed E-state index contributed by atoms with van der Waals surface area (Å²) in [5.74, 6) is -1.48. The number of carbonyl (C=O) groups is 1. The molecular formula is C15H20F2N2O3. The van der Waals surface area contributed by atoms with Gasteiger partial charge in [0.2, 0.25) is 5.91 Å². The molecule has 122 valence electrons. The Morgan fingerprint density at radius 1 is 1.32 bits per heavy atom. The number of hydrogen-bond acceptors (Lipinski definition) is 4. The second kappa shape index (κ2) is 7.62. The molecule has 0 aliphatic carbocycles. The minimum atomic E-state index is -1.03. The summed E-state index contributed by atoms with van der Waals surface area (Å²) in [4.78, 5) is 15.3. The third kappa shape index (κ3) is 4.22. The lowest BCUT2D eigenvalue weighted by Gasteiger charge is -2.35. The standard InChI is InChI=1S/C15H20F2N2O3/c1-22-10-15(21)19-6-4-18(5-7-19)9-14(20)12-3-2-11(16)8-13(12)17/h2-3,8,14,20H,4-7,9-10H2,1H3. The van der Waals surface area contributed by atoms with Gasteiger partial charge < -0.3 is 14.7 Å². The molecule has 1 aromatic rings. The van der Waals surface area contributed by atoms with Crippen molar-refractivity contribution in [1.29, 1.82) is 0 Å². The van der Waals surface area contributed by atoms with Crippen LogP contribution in [0.15, 0.2) is 18.2 Å². The van der Waals surface area contributed by atoms with Gasteiger partial charge in [-0.2, -0.15) is 0 Å². The van der Waals surface area contributed by atoms with E-state index in [1.807, 2.05) is 4.90 Å². The molecule has 1 aromatic carbocycles. The molecule has 2 rings (SSSR count). The molecule has 0 bridgehead atoms. The van der Waals surface area contributed by atoms with E-state index in [0.29, 0.717) is 26.2 Å². The summed E-state index contributed by atoms with van der Waals surface area (Å²) in [5.41, 5.74) is 0.0827. The number of hydrogen-bond donors (Lipinski definition) is 1. The van der Waals surface area contributed by atoms with Crippen molar-refractivity contribution in [2.45, 2.75) is 6.10 Å². The number of amides is 1. The molecule has 0 radical (unpaired) electrons. The molecule has 1 heterocycles. The van der Waals surface area contributed by atoms with Gasteiger partial charge in [0.05, 0.1) is 6.10 Å². The van der Waals surface area contributed by atoms with Crippen LogP contribution in [-0.4, -0.2) is 67.3 Å². The van der Waals surface area contributed by atoms with Gasteiger partial charge in [0.1, 0.15) is 18.2 Å². The summed E-state index contributed by atoms with van der Waals surface area (Å²) in [5, 5.41) is 10.1. The molecule has 1 aliphatic rings. The van der Waals surface area contributed by atoms with E-state index in [1.54, 1.807) is 4.90 Å². The van der Waals surface area contributed by atoms with Gasteiger partial charge in [-0.15, -0.1) is 0 Å². The van der Waals surface area contributed by atoms with Gasteiger partial charge in [-0.05, 0) is 6.07 Å². The number of methoxy groups -OCH3 is 1. The number of ether oxygens (including phenoxy) is 1. The summed E-state index contributed by atoms with van der Waals surface area (Å²) >= 11 is 0. The first-order chi connectivity index (χ1) is 10.5. The summed E-state index contributed by atoms with van der Waals surface area (Å²) in [6, 6.07) is 3.15. The Labute approximate surface area is 128 Å². The van der Waals surface area contributed by atoms with Gasteiger partial charge in [0, 0.05) is 51.5 Å². The highest BCUT2D eigenvalue weighted by Crippen LogP contribution is 2.19. The van der Waals surface area contributed by atoms with E-state index >= 15 is 0 Å². The van der Waals surface area contributed by atoms with Crippen molar-refractivity contribution in [1.82, 2.24) is 9.80 Å². The van der Waals surface area contributed by atoms with Crippen molar-refractivity contribution in [2.24, 2.45) is 0 Å². The minimum absolute atomic E-state index is 0.0589. The lowest BCUT2D eigenvalue weighted by atomic mass is 10.1. The Bertz CT molecular complexity index is 520. The Hall–Kier alpha value is -1.57. The molecule has 22 heavy (non-hydrogen) atoms. The zero-order valence-corrected chi connectivity index (χ0v) is 12.5. The summed E-state index contributed by atoms with van der Waals surface area (Å²) in [6.45, 7) is 2.57. The van der Waals surface area contributed by atoms with Gasteiger partial charge in [0.25, 0.3) is 0 Å². The van der Waals surface area contributed by atoms with Crippen LogP contribution in [0, 0.1) is 11.6 Å². The molecule has 5 nitrogen and oxygen atoms in total. The first kappa shape index (κ1) is 16.8. The van der Waals surface area contributed by atoms with Gasteiger partial charge >= 0.3 is 0 Å². The predicted molar refractivity (Wildman–Crippen MR) is 76.2 cm³/mol. The first-order valence-corrected chi connectivity index (χ1v) is 7.13. The van der Waals surface area contributed by atoms with Gasteiger partial charge in [-0.1, -0.05) is 6.07 Å². The van der Waals surface area contributed by atoms with E-state index < -0.39 is 17.7 Å². The molecule has 7 heteroatoms. The number of piperazine rings is 1. The van der Waals surface area contributed by atoms with Crippen LogP contribution < -0.4 is 0 Å². The highest BCUT2D eigenvalue weighted by molar-refractivity contribution is 5.77. The van der Waals surface area contributed by atoms with E-state index in [0.717, 1.165) is 12.1 Å². The average molecular weight is 314 g/mol. The fraction of sp³-hybridized carbons (Fsp3) is 0.533. The fourth-order valence-corrected chi connectivity index (χ4v) is 2.51. The Morgan fingerprint density at radius 2 is 2.00 bits per heavy atom. The van der Waals surface area contributed by atoms with E-state index in [4.69, 9.17) is 4.74 Å². The molecule has 1 unspecified atom stereocenters. The maximum atomic E-state index is 13.6. The zero-order valence-electron chi connectivity index (χ0n) is 12.5. The molecular weight excluding hydrogens is 294 g/mol. The zero-order chi connectivity index (χ0) is 16.1. The van der Waals surface area contributed by atoms with Crippen LogP contribution in [0.1, 0.15) is 11.7 Å². The van der Waals surface area contributed by atoms with Crippen LogP contribution in [0.2, 0.25) is 0 Å². The smallest absolute Gasteiger partial charge is 0.248 e. The summed E-state index contributed by atoms with van der Waals surface area (Å²) in [7, 11) is 1.47. The van der Waals surface area contributed by atoms with Crippen LogP contribution in [0.25, 0.3) is 0 Å². The quantitative estimate of drug-likeness (QED) is 0.873. The van der Waals surface area contributed by atoms with Crippen LogP contribution in [0.3, 0.4) is 0 Å². The number of aliphatic hydroxyl groups excluding tert-OH is 1. The number of benzene rings is 1. The number of rotatable bonds is 5. The number of aliphatic hydroxyl groups is 1. The summed E-state index contributed by atoms with van der Waals surface area (Å²) in [6.07, 6.45) is -1.03. The second-order valence-corrected chi connectivity index (χ2v) is 5.30. The van der Waals surface area contributed by atoms with Crippen molar-refractivity contribution >= 4 is 5.91 Å². The highest BCUT2D eigenvalue weighted by atomic mass is 19.1. The Kier molecular flexibility index (Phi) is 5.82. The molecule has 1 amide bonds. The molecule has 1 aliphatic heterocycles. The maximum absolute atomic E-state index is 13.6. The van der Waals surface area contributed by atoms with E-state index in [1.165, 1.54) is 13.2 Å². The van der Waals surface area contributed by atoms with Crippen molar-refractivity contribution in [3.8, 4) is 0 Å². The summed E-state index contributed by atoms with van der Waals surface area (Å²) < 4.78 is 31.3. The third-order valence-corrected chi connectivity index (χ3v) is 3.75. The molecule has 1 atom stereocenters. The van der Waals surface area contributed by atoms with E-state index in [9.17, 15) is 18.7 Å². The molecule has 1 fully saturated rings. The van der Waals surface area contributed by atoms with Crippen LogP contribution >= 0.6 is 0 Å². The Morgan fingerprint density at radius 3 is 2.59 bits per heavy atom. The normalized spacial score (nSPS) is 17.5. The average Bonchev–Trinajstić information content (AvgIpc) is 2.48. The minimum Gasteiger partial charge on any atom is -0.387 e. The van der Waals surface area contributed by atoms with Crippen molar-refractivity contribution < 1.29 is 23.4 Å². The van der Waals surface area contributed by atoms with Crippen molar-refractivity contribution in [3.05, 3.63) is 35.4 Å². The van der Waals surface area contributed by atoms with Crippen molar-refractivity contribution in [3.63, 3.8) is 0 Å². The molecule has 0 saturated carbocycles. The van der Waals surface area contributed by atoms with Gasteiger partial charge in [0.15, 0.2) is 0 Å². The topological polar surface area (TPSA) is 53.0 Å². The van der Waals surface area contributed by atoms with Gasteiger partial charge in [-0.25, -0.2) is 8.78 Å². The molecule has 1 N–H and O–H groups in total. The Balaban J connectivity index is 1.86. The van der Waals surface area contributed by atoms with Crippen LogP contribution in [0.4, 0.5) is 8.78 Å². The van der Waals surface area contributed by atoms with Crippen molar-refractivity contribution in [2.75, 3.05) is 46.4 Å². The number of β-amino-alcohol motifs (C(OH)–C–C–N with tert-alkyl or cyclic N) is 1. The molecule has 0 spiro atoms. The largest absolute Gasteiger partial charge is 0.387 e. The molecule has 1 saturated heterocycles. The monoisotopic (exact) mass is 314 g/mol. The van der Waals surface area contributed by atoms with Crippen LogP contribution in [0.5, 0.6) is 0 Å². The van der Waals surface area contributed by atoms with Gasteiger partial charge in [-0.3, -0.25) is 9.69 Å². The lowest BCUT2D eigenvalue weighted by molar-refractivity contribution is -0.137. The van der Waals surface area contributed by atoms with E-state index in [-0.39, 0.29) is 24.6 Å².